The van der Waals surface area contributed by atoms with Crippen molar-refractivity contribution in [2.24, 2.45) is 0 Å². The van der Waals surface area contributed by atoms with E-state index < -0.39 is 0 Å². The van der Waals surface area contributed by atoms with E-state index in [1.54, 1.807) is 17.5 Å². The Morgan fingerprint density at radius 2 is 2.17 bits per heavy atom. The van der Waals surface area contributed by atoms with E-state index in [2.05, 4.69) is 56.7 Å². The number of halogens is 1. The standard InChI is InChI=1S/C12H15IN4S/c1-3-5-8-9(13)10(14-4-2)17-11(16-8)12-15-6-7-18-12/h6-7H,3-5H2,1-2H3,(H,14,16,17). The van der Waals surface area contributed by atoms with Crippen LogP contribution in [0.2, 0.25) is 0 Å². The van der Waals surface area contributed by atoms with Crippen molar-refractivity contribution in [3.8, 4) is 10.8 Å². The number of nitrogens with one attached hydrogen (secondary N) is 1. The molecule has 0 aliphatic heterocycles. The van der Waals surface area contributed by atoms with Crippen LogP contribution >= 0.6 is 33.9 Å². The smallest absolute Gasteiger partial charge is 0.190 e. The van der Waals surface area contributed by atoms with Crippen LogP contribution in [-0.2, 0) is 6.42 Å². The molecule has 2 heterocycles. The Morgan fingerprint density at radius 3 is 2.78 bits per heavy atom. The van der Waals surface area contributed by atoms with Gasteiger partial charge in [0, 0.05) is 18.1 Å². The molecule has 96 valence electrons. The van der Waals surface area contributed by atoms with E-state index in [1.807, 2.05) is 5.38 Å². The highest BCUT2D eigenvalue weighted by Gasteiger charge is 2.13. The van der Waals surface area contributed by atoms with Gasteiger partial charge in [0.05, 0.1) is 9.26 Å². The summed E-state index contributed by atoms with van der Waals surface area (Å²) >= 11 is 3.89. The molecule has 0 aromatic carbocycles. The second kappa shape index (κ2) is 6.42. The summed E-state index contributed by atoms with van der Waals surface area (Å²) in [6, 6.07) is 0. The molecule has 0 aliphatic carbocycles. The molecule has 0 amide bonds. The number of aryl methyl sites for hydroxylation is 1. The maximum absolute atomic E-state index is 4.64. The SMILES string of the molecule is CCCc1nc(-c2nccs2)nc(NCC)c1I. The highest BCUT2D eigenvalue weighted by Crippen LogP contribution is 2.25. The van der Waals surface area contributed by atoms with Crippen molar-refractivity contribution in [1.29, 1.82) is 0 Å². The van der Waals surface area contributed by atoms with Crippen LogP contribution < -0.4 is 5.32 Å². The van der Waals surface area contributed by atoms with E-state index in [-0.39, 0.29) is 0 Å². The van der Waals surface area contributed by atoms with Crippen molar-refractivity contribution in [3.05, 3.63) is 20.8 Å². The quantitative estimate of drug-likeness (QED) is 0.813. The lowest BCUT2D eigenvalue weighted by atomic mass is 10.2. The largest absolute Gasteiger partial charge is 0.369 e. The molecule has 0 saturated heterocycles. The van der Waals surface area contributed by atoms with E-state index in [0.717, 1.165) is 45.3 Å². The first-order valence-electron chi connectivity index (χ1n) is 5.96. The van der Waals surface area contributed by atoms with E-state index in [9.17, 15) is 0 Å². The minimum atomic E-state index is 0.727. The van der Waals surface area contributed by atoms with Gasteiger partial charge in [-0.15, -0.1) is 11.3 Å². The topological polar surface area (TPSA) is 50.7 Å². The molecule has 1 N–H and O–H groups in total. The van der Waals surface area contributed by atoms with Crippen molar-refractivity contribution >= 4 is 39.7 Å². The van der Waals surface area contributed by atoms with Crippen molar-refractivity contribution < 1.29 is 0 Å². The zero-order valence-corrected chi connectivity index (χ0v) is 13.4. The third-order valence-electron chi connectivity index (χ3n) is 2.37. The molecule has 0 radical (unpaired) electrons. The summed E-state index contributed by atoms with van der Waals surface area (Å²) in [5, 5.41) is 6.12. The van der Waals surface area contributed by atoms with Gasteiger partial charge in [0.2, 0.25) is 0 Å². The van der Waals surface area contributed by atoms with Crippen LogP contribution in [0.1, 0.15) is 26.0 Å². The predicted octanol–water partition coefficient (Wildman–Crippen LogP) is 3.59. The Kier molecular flexibility index (Phi) is 4.87. The molecule has 2 aromatic rings. The highest BCUT2D eigenvalue weighted by molar-refractivity contribution is 14.1. The molecule has 0 bridgehead atoms. The van der Waals surface area contributed by atoms with Crippen LogP contribution in [0.4, 0.5) is 5.82 Å². The van der Waals surface area contributed by atoms with Crippen LogP contribution in [0.5, 0.6) is 0 Å². The summed E-state index contributed by atoms with van der Waals surface area (Å²) in [7, 11) is 0. The minimum Gasteiger partial charge on any atom is -0.369 e. The van der Waals surface area contributed by atoms with Crippen molar-refractivity contribution in [2.45, 2.75) is 26.7 Å². The van der Waals surface area contributed by atoms with E-state index >= 15 is 0 Å². The Labute approximate surface area is 124 Å². The van der Waals surface area contributed by atoms with Crippen molar-refractivity contribution in [1.82, 2.24) is 15.0 Å². The summed E-state index contributed by atoms with van der Waals surface area (Å²) in [5.74, 6) is 1.64. The fourth-order valence-corrected chi connectivity index (χ4v) is 2.88. The molecule has 0 fully saturated rings. The maximum atomic E-state index is 4.64. The molecular weight excluding hydrogens is 359 g/mol. The fraction of sp³-hybridized carbons (Fsp3) is 0.417. The van der Waals surface area contributed by atoms with Gasteiger partial charge in [-0.3, -0.25) is 0 Å². The Hall–Kier alpha value is -0.760. The number of hydrogen-bond donors (Lipinski definition) is 1. The summed E-state index contributed by atoms with van der Waals surface area (Å²) in [6.07, 6.45) is 3.83. The van der Waals surface area contributed by atoms with Gasteiger partial charge in [0.15, 0.2) is 10.8 Å². The number of thiazole rings is 1. The van der Waals surface area contributed by atoms with Gasteiger partial charge in [-0.1, -0.05) is 13.3 Å². The van der Waals surface area contributed by atoms with Crippen LogP contribution in [-0.4, -0.2) is 21.5 Å². The normalized spacial score (nSPS) is 10.6. The van der Waals surface area contributed by atoms with E-state index in [4.69, 9.17) is 0 Å². The molecule has 0 saturated carbocycles. The van der Waals surface area contributed by atoms with Crippen molar-refractivity contribution in [2.75, 3.05) is 11.9 Å². The second-order valence-corrected chi connectivity index (χ2v) is 5.75. The van der Waals surface area contributed by atoms with Gasteiger partial charge in [0.1, 0.15) is 5.82 Å². The Bertz CT molecular complexity index is 486. The zero-order chi connectivity index (χ0) is 13.0. The number of rotatable bonds is 5. The Balaban J connectivity index is 2.47. The molecule has 6 heteroatoms. The third-order valence-corrected chi connectivity index (χ3v) is 4.28. The number of aromatic nitrogens is 3. The average molecular weight is 374 g/mol. The van der Waals surface area contributed by atoms with Crippen molar-refractivity contribution in [3.63, 3.8) is 0 Å². The zero-order valence-electron chi connectivity index (χ0n) is 10.4. The van der Waals surface area contributed by atoms with E-state index in [0.29, 0.717) is 0 Å². The minimum absolute atomic E-state index is 0.727. The number of nitrogens with zero attached hydrogens (tertiary/aromatic N) is 3. The Morgan fingerprint density at radius 1 is 1.33 bits per heavy atom. The van der Waals surface area contributed by atoms with Gasteiger partial charge in [-0.2, -0.15) is 0 Å². The summed E-state index contributed by atoms with van der Waals surface area (Å²) in [5.41, 5.74) is 1.11. The monoisotopic (exact) mass is 374 g/mol. The van der Waals surface area contributed by atoms with Crippen LogP contribution in [0.25, 0.3) is 10.8 Å². The summed E-state index contributed by atoms with van der Waals surface area (Å²) in [4.78, 5) is 13.5. The van der Waals surface area contributed by atoms with Crippen LogP contribution in [0.15, 0.2) is 11.6 Å². The molecule has 18 heavy (non-hydrogen) atoms. The predicted molar refractivity (Wildman–Crippen MR) is 84.0 cm³/mol. The highest BCUT2D eigenvalue weighted by atomic mass is 127. The van der Waals surface area contributed by atoms with Crippen LogP contribution in [0, 0.1) is 3.57 Å². The molecule has 0 aliphatic rings. The lowest BCUT2D eigenvalue weighted by Crippen LogP contribution is -2.08. The maximum Gasteiger partial charge on any atom is 0.190 e. The third kappa shape index (κ3) is 2.97. The molecule has 4 nitrogen and oxygen atoms in total. The van der Waals surface area contributed by atoms with Gasteiger partial charge >= 0.3 is 0 Å². The van der Waals surface area contributed by atoms with Gasteiger partial charge < -0.3 is 5.32 Å². The molecule has 0 unspecified atom stereocenters. The molecule has 2 aromatic heterocycles. The van der Waals surface area contributed by atoms with Gasteiger partial charge in [-0.05, 0) is 35.9 Å². The molecule has 2 rings (SSSR count). The fourth-order valence-electron chi connectivity index (χ4n) is 1.61. The average Bonchev–Trinajstić information content (AvgIpc) is 2.88. The molecule has 0 spiro atoms. The summed E-state index contributed by atoms with van der Waals surface area (Å²) < 4.78 is 1.12. The lowest BCUT2D eigenvalue weighted by molar-refractivity contribution is 0.866. The lowest BCUT2D eigenvalue weighted by Gasteiger charge is -2.10. The first kappa shape index (κ1) is 13.7. The van der Waals surface area contributed by atoms with Crippen LogP contribution in [0.3, 0.4) is 0 Å². The first-order chi connectivity index (χ1) is 8.76. The van der Waals surface area contributed by atoms with Gasteiger partial charge in [0.25, 0.3) is 0 Å². The first-order valence-corrected chi connectivity index (χ1v) is 7.92. The van der Waals surface area contributed by atoms with E-state index in [1.165, 1.54) is 0 Å². The number of hydrogen-bond acceptors (Lipinski definition) is 5. The number of anilines is 1. The molecular formula is C12H15IN4S. The second-order valence-electron chi connectivity index (χ2n) is 3.77. The molecule has 0 atom stereocenters. The summed E-state index contributed by atoms with van der Waals surface area (Å²) in [6.45, 7) is 5.09. The van der Waals surface area contributed by atoms with Gasteiger partial charge in [-0.25, -0.2) is 15.0 Å².